The Hall–Kier alpha value is 0.434. The molecule has 0 aromatic heterocycles. The summed E-state index contributed by atoms with van der Waals surface area (Å²) in [5.74, 6) is 0. The van der Waals surface area contributed by atoms with E-state index < -0.39 is 0 Å². The summed E-state index contributed by atoms with van der Waals surface area (Å²) in [6, 6.07) is 0. The molecule has 0 nitrogen and oxygen atoms in total. The zero-order chi connectivity index (χ0) is 8.69. The topological polar surface area (TPSA) is 0 Å². The van der Waals surface area contributed by atoms with E-state index >= 15 is 0 Å². The molecule has 0 spiro atoms. The Morgan fingerprint density at radius 3 is 2.18 bits per heavy atom. The predicted octanol–water partition coefficient (Wildman–Crippen LogP) is 2.89. The van der Waals surface area contributed by atoms with E-state index in [-0.39, 0.29) is 0 Å². The normalized spacial score (nSPS) is 16.4. The van der Waals surface area contributed by atoms with Gasteiger partial charge in [-0.2, -0.15) is 0 Å². The lowest BCUT2D eigenvalue weighted by atomic mass is 10.1. The molecule has 2 heteroatoms. The molecule has 0 aliphatic heterocycles. The van der Waals surface area contributed by atoms with Crippen molar-refractivity contribution in [3.05, 3.63) is 0 Å². The molecule has 2 atom stereocenters. The van der Waals surface area contributed by atoms with Crippen molar-refractivity contribution in [3.8, 4) is 0 Å². The van der Waals surface area contributed by atoms with Gasteiger partial charge in [0.2, 0.25) is 0 Å². The van der Waals surface area contributed by atoms with Gasteiger partial charge in [-0.25, -0.2) is 0 Å². The van der Waals surface area contributed by atoms with Crippen molar-refractivity contribution >= 4 is 20.5 Å². The van der Waals surface area contributed by atoms with E-state index in [0.29, 0.717) is 5.54 Å². The van der Waals surface area contributed by atoms with Crippen molar-refractivity contribution in [1.82, 2.24) is 0 Å². The average Bonchev–Trinajstić information content (AvgIpc) is 1.87. The van der Waals surface area contributed by atoms with Crippen LogP contribution in [0.15, 0.2) is 0 Å². The summed E-state index contributed by atoms with van der Waals surface area (Å²) in [6.07, 6.45) is 6.55. The highest BCUT2D eigenvalue weighted by molar-refractivity contribution is 6.11. The monoisotopic (exact) mass is 182 g/mol. The van der Waals surface area contributed by atoms with Gasteiger partial charge in [0.25, 0.3) is 0 Å². The molecule has 0 rings (SSSR count). The van der Waals surface area contributed by atoms with Crippen molar-refractivity contribution in [2.75, 3.05) is 0 Å². The summed E-state index contributed by atoms with van der Waals surface area (Å²) in [6.45, 7) is 4.44. The van der Waals surface area contributed by atoms with Crippen molar-refractivity contribution in [1.29, 1.82) is 0 Å². The van der Waals surface area contributed by atoms with Crippen molar-refractivity contribution in [2.45, 2.75) is 57.0 Å². The van der Waals surface area contributed by atoms with Crippen LogP contribution in [0.25, 0.3) is 0 Å². The first-order valence-corrected chi connectivity index (χ1v) is 5.74. The first-order valence-electron chi connectivity index (χ1n) is 4.59. The van der Waals surface area contributed by atoms with Crippen molar-refractivity contribution < 1.29 is 0 Å². The van der Waals surface area contributed by atoms with Crippen LogP contribution in [0.4, 0.5) is 0 Å². The van der Waals surface area contributed by atoms with Gasteiger partial charge in [0.15, 0.2) is 0 Å². The largest absolute Gasteiger partial charge is 0.0656 e. The molecule has 0 saturated heterocycles. The van der Waals surface area contributed by atoms with Crippen molar-refractivity contribution in [3.63, 3.8) is 0 Å². The summed E-state index contributed by atoms with van der Waals surface area (Å²) < 4.78 is 0. The van der Waals surface area contributed by atoms with Crippen LogP contribution in [0.3, 0.4) is 0 Å². The lowest BCUT2D eigenvalue weighted by Gasteiger charge is -2.09. The van der Waals surface area contributed by atoms with Crippen LogP contribution in [0.2, 0.25) is 11.1 Å². The van der Waals surface area contributed by atoms with Crippen molar-refractivity contribution in [2.24, 2.45) is 0 Å². The van der Waals surface area contributed by atoms with Crippen LogP contribution in [-0.2, 0) is 0 Å². The maximum absolute atomic E-state index is 3.72. The highest BCUT2D eigenvalue weighted by Crippen LogP contribution is 2.19. The minimum absolute atomic E-state index is 0.676. The van der Waals surface area contributed by atoms with E-state index in [2.05, 4.69) is 34.3 Å². The summed E-state index contributed by atoms with van der Waals surface area (Å²) in [7, 11) is 7.31. The summed E-state index contributed by atoms with van der Waals surface area (Å²) >= 11 is 0. The first kappa shape index (κ1) is 11.4. The lowest BCUT2D eigenvalue weighted by Crippen LogP contribution is -1.93. The van der Waals surface area contributed by atoms with E-state index in [9.17, 15) is 0 Å². The van der Waals surface area contributed by atoms with E-state index in [4.69, 9.17) is 0 Å². The van der Waals surface area contributed by atoms with Gasteiger partial charge in [0, 0.05) is 20.5 Å². The standard InChI is InChI=1S/C9H18Si2/c1-3-5-9(11)7-4-6-8(2)10/h8-9H,3-7H2,1-2H3. The molecule has 6 radical (unpaired) electrons. The molecule has 0 bridgehead atoms. The molecule has 2 unspecified atom stereocenters. The summed E-state index contributed by atoms with van der Waals surface area (Å²) in [5.41, 5.74) is 1.42. The molecule has 0 heterocycles. The van der Waals surface area contributed by atoms with Crippen LogP contribution in [0.5, 0.6) is 0 Å². The predicted molar refractivity (Wildman–Crippen MR) is 53.4 cm³/mol. The van der Waals surface area contributed by atoms with Crippen LogP contribution in [0, 0.1) is 0 Å². The Bertz CT molecular complexity index is 81.6. The summed E-state index contributed by atoms with van der Waals surface area (Å²) in [5, 5.41) is 0. The van der Waals surface area contributed by atoms with Crippen LogP contribution in [0.1, 0.15) is 46.0 Å². The maximum atomic E-state index is 3.72. The second kappa shape index (κ2) is 7.10. The summed E-state index contributed by atoms with van der Waals surface area (Å²) in [4.78, 5) is 0. The third-order valence-corrected chi connectivity index (χ3v) is 2.69. The highest BCUT2D eigenvalue weighted by atomic mass is 28.1. The van der Waals surface area contributed by atoms with Crippen LogP contribution < -0.4 is 0 Å². The van der Waals surface area contributed by atoms with E-state index in [0.717, 1.165) is 5.54 Å². The van der Waals surface area contributed by atoms with Gasteiger partial charge in [0.1, 0.15) is 0 Å². The fraction of sp³-hybridized carbons (Fsp3) is 1.00. The fourth-order valence-corrected chi connectivity index (χ4v) is 1.86. The molecule has 0 fully saturated rings. The van der Waals surface area contributed by atoms with Gasteiger partial charge in [0.05, 0.1) is 0 Å². The zero-order valence-corrected chi connectivity index (χ0v) is 9.69. The first-order chi connectivity index (χ1) is 5.16. The molecule has 62 valence electrons. The molecular weight excluding hydrogens is 164 g/mol. The molecule has 0 N–H and O–H groups in total. The molecule has 0 saturated carbocycles. The quantitative estimate of drug-likeness (QED) is 0.554. The second-order valence-corrected chi connectivity index (χ2v) is 5.12. The van der Waals surface area contributed by atoms with Gasteiger partial charge >= 0.3 is 0 Å². The van der Waals surface area contributed by atoms with E-state index in [1.807, 2.05) is 0 Å². The van der Waals surface area contributed by atoms with Gasteiger partial charge < -0.3 is 0 Å². The molecule has 0 aromatic rings. The van der Waals surface area contributed by atoms with Gasteiger partial charge in [-0.05, 0) is 0 Å². The average molecular weight is 182 g/mol. The molecule has 11 heavy (non-hydrogen) atoms. The number of hydrogen-bond donors (Lipinski definition) is 0. The molecular formula is C9H18Si2. The van der Waals surface area contributed by atoms with Gasteiger partial charge in [-0.15, -0.1) is 0 Å². The Kier molecular flexibility index (Phi) is 7.38. The van der Waals surface area contributed by atoms with Gasteiger partial charge in [-0.3, -0.25) is 0 Å². The fourth-order valence-electron chi connectivity index (χ4n) is 1.16. The third kappa shape index (κ3) is 8.34. The number of rotatable bonds is 6. The maximum Gasteiger partial charge on any atom is 0.0266 e. The molecule has 0 aromatic carbocycles. The minimum atomic E-state index is 0.676. The highest BCUT2D eigenvalue weighted by Gasteiger charge is 2.01. The van der Waals surface area contributed by atoms with Crippen LogP contribution >= 0.6 is 0 Å². The Labute approximate surface area is 78.0 Å². The zero-order valence-electron chi connectivity index (χ0n) is 7.69. The Morgan fingerprint density at radius 1 is 1.09 bits per heavy atom. The molecule has 0 amide bonds. The minimum Gasteiger partial charge on any atom is -0.0656 e. The Morgan fingerprint density at radius 2 is 1.73 bits per heavy atom. The molecule has 0 aliphatic rings. The van der Waals surface area contributed by atoms with E-state index in [1.54, 1.807) is 0 Å². The Balaban J connectivity index is 3.10. The second-order valence-electron chi connectivity index (χ2n) is 3.32. The molecule has 0 aliphatic carbocycles. The number of hydrogen-bond acceptors (Lipinski definition) is 0. The lowest BCUT2D eigenvalue weighted by molar-refractivity contribution is 0.601. The van der Waals surface area contributed by atoms with Crippen LogP contribution in [-0.4, -0.2) is 20.5 Å². The third-order valence-electron chi connectivity index (χ3n) is 1.83. The van der Waals surface area contributed by atoms with E-state index in [1.165, 1.54) is 32.1 Å². The van der Waals surface area contributed by atoms with Gasteiger partial charge in [-0.1, -0.05) is 57.0 Å². The SMILES string of the molecule is CCCC([Si])CCCC(C)[Si]. The smallest absolute Gasteiger partial charge is 0.0266 e.